The van der Waals surface area contributed by atoms with E-state index in [2.05, 4.69) is 25.7 Å². The van der Waals surface area contributed by atoms with Gasteiger partial charge in [0.15, 0.2) is 5.58 Å². The number of ether oxygens (including phenoxy) is 1. The maximum atomic E-state index is 11.4. The largest absolute Gasteiger partial charge is 0.465 e. The molecule has 15 heavy (non-hydrogen) atoms. The summed E-state index contributed by atoms with van der Waals surface area (Å²) in [7, 11) is 1.30. The van der Waals surface area contributed by atoms with Gasteiger partial charge in [-0.15, -0.1) is 0 Å². The number of methoxy groups -OCH3 is 1. The normalized spacial score (nSPS) is 10.5. The number of carbonyl (C=O) groups excluding carboxylic acids is 1. The number of benzene rings is 1. The maximum absolute atomic E-state index is 11.4. The van der Waals surface area contributed by atoms with E-state index in [0.717, 1.165) is 0 Å². The molecule has 0 bridgehead atoms. The second kappa shape index (κ2) is 3.54. The van der Waals surface area contributed by atoms with Gasteiger partial charge in [-0.1, -0.05) is 15.9 Å². The molecule has 0 saturated heterocycles. The molecule has 78 valence electrons. The van der Waals surface area contributed by atoms with Gasteiger partial charge in [-0.3, -0.25) is 0 Å². The molecule has 0 amide bonds. The molecule has 0 spiro atoms. The summed E-state index contributed by atoms with van der Waals surface area (Å²) in [5, 5.41) is 0. The third-order valence-corrected chi connectivity index (χ3v) is 2.33. The zero-order chi connectivity index (χ0) is 11.0. The topological polar surface area (TPSA) is 78.3 Å². The van der Waals surface area contributed by atoms with Crippen LogP contribution in [0.3, 0.4) is 0 Å². The van der Waals surface area contributed by atoms with Gasteiger partial charge in [0, 0.05) is 4.47 Å². The molecule has 0 fully saturated rings. The Morgan fingerprint density at radius 3 is 3.00 bits per heavy atom. The Morgan fingerprint density at radius 2 is 2.33 bits per heavy atom. The van der Waals surface area contributed by atoms with Crippen LogP contribution in [0.1, 0.15) is 10.4 Å². The molecular formula is C9H7BrN2O3. The summed E-state index contributed by atoms with van der Waals surface area (Å²) in [6, 6.07) is 3.33. The lowest BCUT2D eigenvalue weighted by Crippen LogP contribution is -2.01. The first-order valence-corrected chi connectivity index (χ1v) is 4.85. The van der Waals surface area contributed by atoms with Crippen LogP contribution in [0.2, 0.25) is 0 Å². The van der Waals surface area contributed by atoms with Crippen molar-refractivity contribution in [2.75, 3.05) is 12.8 Å². The van der Waals surface area contributed by atoms with Gasteiger partial charge in [-0.05, 0) is 12.1 Å². The molecule has 5 nitrogen and oxygen atoms in total. The number of nitrogens with zero attached hydrogens (tertiary/aromatic N) is 1. The Bertz CT molecular complexity index is 535. The molecule has 0 aliphatic rings. The zero-order valence-electron chi connectivity index (χ0n) is 7.78. The van der Waals surface area contributed by atoms with E-state index in [1.54, 1.807) is 12.1 Å². The van der Waals surface area contributed by atoms with Crippen LogP contribution in [0.15, 0.2) is 21.0 Å². The van der Waals surface area contributed by atoms with E-state index in [0.29, 0.717) is 21.1 Å². The number of anilines is 1. The molecule has 6 heteroatoms. The van der Waals surface area contributed by atoms with Gasteiger partial charge in [-0.2, -0.15) is 4.98 Å². The highest BCUT2D eigenvalue weighted by atomic mass is 79.9. The average molecular weight is 271 g/mol. The smallest absolute Gasteiger partial charge is 0.341 e. The van der Waals surface area contributed by atoms with Gasteiger partial charge in [0.05, 0.1) is 7.11 Å². The van der Waals surface area contributed by atoms with Crippen LogP contribution in [0.5, 0.6) is 0 Å². The molecule has 2 aromatic rings. The molecule has 1 aromatic heterocycles. The van der Waals surface area contributed by atoms with Crippen molar-refractivity contribution in [3.8, 4) is 0 Å². The third-order valence-electron chi connectivity index (χ3n) is 1.88. The number of rotatable bonds is 1. The molecular weight excluding hydrogens is 264 g/mol. The van der Waals surface area contributed by atoms with E-state index in [1.807, 2.05) is 0 Å². The maximum Gasteiger partial charge on any atom is 0.341 e. The molecule has 0 radical (unpaired) electrons. The second-order valence-electron chi connectivity index (χ2n) is 2.85. The number of oxazole rings is 1. The highest BCUT2D eigenvalue weighted by molar-refractivity contribution is 9.10. The molecule has 0 aliphatic carbocycles. The summed E-state index contributed by atoms with van der Waals surface area (Å²) in [6.07, 6.45) is 0. The fraction of sp³-hybridized carbons (Fsp3) is 0.111. The van der Waals surface area contributed by atoms with E-state index in [1.165, 1.54) is 7.11 Å². The Morgan fingerprint density at radius 1 is 1.60 bits per heavy atom. The standard InChI is InChI=1S/C9H7BrN2O3/c1-14-8(13)5-2-4(10)3-6-7(5)15-9(11)12-6/h2-3H,1H3,(H2,11,12). The van der Waals surface area contributed by atoms with Crippen LogP contribution in [-0.2, 0) is 4.74 Å². The van der Waals surface area contributed by atoms with Crippen LogP contribution in [0.25, 0.3) is 11.1 Å². The van der Waals surface area contributed by atoms with E-state index in [4.69, 9.17) is 10.2 Å². The number of nitrogen functional groups attached to an aromatic ring is 1. The number of hydrogen-bond donors (Lipinski definition) is 1. The molecule has 0 saturated carbocycles. The number of hydrogen-bond acceptors (Lipinski definition) is 5. The fourth-order valence-corrected chi connectivity index (χ4v) is 1.72. The summed E-state index contributed by atoms with van der Waals surface area (Å²) in [5.41, 5.74) is 6.55. The number of fused-ring (bicyclic) bond motifs is 1. The van der Waals surface area contributed by atoms with Gasteiger partial charge >= 0.3 is 5.97 Å². The lowest BCUT2D eigenvalue weighted by atomic mass is 10.2. The van der Waals surface area contributed by atoms with Crippen LogP contribution in [0, 0.1) is 0 Å². The van der Waals surface area contributed by atoms with Crippen molar-refractivity contribution in [2.24, 2.45) is 0 Å². The first-order valence-electron chi connectivity index (χ1n) is 4.05. The Kier molecular flexibility index (Phi) is 2.36. The third kappa shape index (κ3) is 1.68. The van der Waals surface area contributed by atoms with Crippen molar-refractivity contribution >= 4 is 39.0 Å². The van der Waals surface area contributed by atoms with E-state index < -0.39 is 5.97 Å². The SMILES string of the molecule is COC(=O)c1cc(Br)cc2nc(N)oc12. The van der Waals surface area contributed by atoms with Crippen molar-refractivity contribution in [3.63, 3.8) is 0 Å². The van der Waals surface area contributed by atoms with Crippen molar-refractivity contribution < 1.29 is 13.9 Å². The predicted octanol–water partition coefficient (Wildman–Crippen LogP) is 1.96. The molecule has 0 atom stereocenters. The minimum Gasteiger partial charge on any atom is -0.465 e. The van der Waals surface area contributed by atoms with E-state index in [-0.39, 0.29) is 6.01 Å². The minimum atomic E-state index is -0.488. The van der Waals surface area contributed by atoms with Crippen molar-refractivity contribution in [1.82, 2.24) is 4.98 Å². The highest BCUT2D eigenvalue weighted by Gasteiger charge is 2.16. The summed E-state index contributed by atoms with van der Waals surface area (Å²) in [6.45, 7) is 0. The van der Waals surface area contributed by atoms with Crippen LogP contribution in [-0.4, -0.2) is 18.1 Å². The predicted molar refractivity (Wildman–Crippen MR) is 57.5 cm³/mol. The van der Waals surface area contributed by atoms with Crippen molar-refractivity contribution in [2.45, 2.75) is 0 Å². The number of halogens is 1. The number of carbonyl (C=O) groups is 1. The van der Waals surface area contributed by atoms with Crippen LogP contribution < -0.4 is 5.73 Å². The first-order chi connectivity index (χ1) is 7.11. The van der Waals surface area contributed by atoms with Crippen LogP contribution in [0.4, 0.5) is 6.01 Å². The number of nitrogens with two attached hydrogens (primary N) is 1. The first kappa shape index (κ1) is 9.97. The summed E-state index contributed by atoms with van der Waals surface area (Å²) in [4.78, 5) is 15.3. The quantitative estimate of drug-likeness (QED) is 0.802. The molecule has 1 heterocycles. The van der Waals surface area contributed by atoms with E-state index >= 15 is 0 Å². The molecule has 1 aromatic carbocycles. The molecule has 0 aliphatic heterocycles. The Hall–Kier alpha value is -1.56. The summed E-state index contributed by atoms with van der Waals surface area (Å²) in [5.74, 6) is -0.488. The van der Waals surface area contributed by atoms with Gasteiger partial charge in [0.2, 0.25) is 0 Å². The summed E-state index contributed by atoms with van der Waals surface area (Å²) >= 11 is 3.26. The number of esters is 1. The molecule has 0 unspecified atom stereocenters. The lowest BCUT2D eigenvalue weighted by Gasteiger charge is -1.99. The fourth-order valence-electron chi connectivity index (χ4n) is 1.28. The van der Waals surface area contributed by atoms with E-state index in [9.17, 15) is 4.79 Å². The van der Waals surface area contributed by atoms with Gasteiger partial charge < -0.3 is 14.9 Å². The highest BCUT2D eigenvalue weighted by Crippen LogP contribution is 2.26. The van der Waals surface area contributed by atoms with Crippen molar-refractivity contribution in [1.29, 1.82) is 0 Å². The Labute approximate surface area is 93.3 Å². The lowest BCUT2D eigenvalue weighted by molar-refractivity contribution is 0.0602. The molecule has 2 rings (SSSR count). The summed E-state index contributed by atoms with van der Waals surface area (Å²) < 4.78 is 10.5. The monoisotopic (exact) mass is 270 g/mol. The molecule has 2 N–H and O–H groups in total. The minimum absolute atomic E-state index is 0.0215. The van der Waals surface area contributed by atoms with Gasteiger partial charge in [0.1, 0.15) is 11.1 Å². The Balaban J connectivity index is 2.75. The van der Waals surface area contributed by atoms with Crippen molar-refractivity contribution in [3.05, 3.63) is 22.2 Å². The number of aromatic nitrogens is 1. The van der Waals surface area contributed by atoms with Gasteiger partial charge in [-0.25, -0.2) is 4.79 Å². The van der Waals surface area contributed by atoms with Crippen LogP contribution >= 0.6 is 15.9 Å². The second-order valence-corrected chi connectivity index (χ2v) is 3.76. The van der Waals surface area contributed by atoms with Gasteiger partial charge in [0.25, 0.3) is 6.01 Å². The zero-order valence-corrected chi connectivity index (χ0v) is 9.37. The average Bonchev–Trinajstić information content (AvgIpc) is 2.55.